The standard InChI is InChI=1S/2C18H13F6N5.2C15H10F2N2.2Ir/c2*1-16(2,3)15-26-13(9-4-6-10(7-5-9)17(19,20)21)25-14(27-15)11-8-12(29-28-11)18(22,23)24;2*16-12-1-5-14(6-2-12)18-9-10-19(11-18)15-7-3-13(17)4-8-15;;/h2*4,6-8H,1-3H3;2*1-7,9-11H;;/q4*-2;;. The molecular formula is C66H46F16Ir2N14-8. The second kappa shape index (κ2) is 30.6. The number of anilines is 4. The van der Waals surface area contributed by atoms with Crippen molar-refractivity contribution in [1.82, 2.24) is 50.3 Å². The zero-order valence-electron chi connectivity index (χ0n) is 51.1. The van der Waals surface area contributed by atoms with Gasteiger partial charge in [0.2, 0.25) is 0 Å². The van der Waals surface area contributed by atoms with Crippen molar-refractivity contribution < 1.29 is 110 Å². The quantitative estimate of drug-likeness (QED) is 0.105. The van der Waals surface area contributed by atoms with Gasteiger partial charge in [-0.3, -0.25) is 28.7 Å². The van der Waals surface area contributed by atoms with Crippen LogP contribution in [0.3, 0.4) is 0 Å². The van der Waals surface area contributed by atoms with E-state index in [0.717, 1.165) is 59.1 Å². The van der Waals surface area contributed by atoms with Crippen LogP contribution in [0.15, 0.2) is 158 Å². The summed E-state index contributed by atoms with van der Waals surface area (Å²) in [5, 5.41) is 13.1. The molecule has 0 amide bonds. The first-order valence-electron chi connectivity index (χ1n) is 27.9. The molecule has 0 N–H and O–H groups in total. The van der Waals surface area contributed by atoms with Crippen molar-refractivity contribution in [1.29, 1.82) is 0 Å². The van der Waals surface area contributed by atoms with Crippen LogP contribution >= 0.6 is 0 Å². The predicted molar refractivity (Wildman–Crippen MR) is 319 cm³/mol. The molecule has 0 saturated carbocycles. The van der Waals surface area contributed by atoms with E-state index < -0.39 is 58.0 Å². The van der Waals surface area contributed by atoms with E-state index in [1.54, 1.807) is 77.9 Å². The molecule has 0 fully saturated rings. The van der Waals surface area contributed by atoms with E-state index >= 15 is 0 Å². The van der Waals surface area contributed by atoms with Gasteiger partial charge in [0, 0.05) is 74.0 Å². The molecule has 2 aliphatic heterocycles. The molecule has 6 heterocycles. The summed E-state index contributed by atoms with van der Waals surface area (Å²) in [7, 11) is 0. The molecule has 0 saturated heterocycles. The molecular weight excluding hydrogens is 1680 g/mol. The van der Waals surface area contributed by atoms with Gasteiger partial charge in [-0.05, 0) is 96.6 Å². The average Bonchev–Trinajstić information content (AvgIpc) is 1.28. The molecule has 0 aliphatic carbocycles. The Morgan fingerprint density at radius 1 is 0.357 bits per heavy atom. The SMILES string of the molecule is CC(C)(C)c1nc(-c2[c-]cc(C(F)(F)F)cc2)nc(-c2cc(C(F)(F)F)n[n-]2)n1.CC(C)(C)c1nc(-c2[c-]cc(C(F)(F)F)cc2)nc(-c2cc(C(F)(F)F)n[n-]2)n1.Fc1c[c-]c(N2C=CN(c3ccc(F)cc3)[CH-]2)cc1.Fc1c[c-]c(N2C=CN(c3ccc(F)cc3)[CH-]2)cc1.[Ir].[Ir]. The van der Waals surface area contributed by atoms with Crippen molar-refractivity contribution in [2.45, 2.75) is 77.1 Å². The number of aromatic nitrogens is 10. The normalized spacial score (nSPS) is 13.2. The zero-order chi connectivity index (χ0) is 69.7. The number of benzene rings is 6. The van der Waals surface area contributed by atoms with Crippen molar-refractivity contribution >= 4 is 22.7 Å². The van der Waals surface area contributed by atoms with Gasteiger partial charge in [-0.1, -0.05) is 52.9 Å². The first kappa shape index (κ1) is 76.0. The van der Waals surface area contributed by atoms with Crippen molar-refractivity contribution in [3.63, 3.8) is 0 Å². The van der Waals surface area contributed by atoms with Crippen LogP contribution in [0.25, 0.3) is 45.8 Å². The molecule has 2 radical (unpaired) electrons. The van der Waals surface area contributed by atoms with E-state index in [2.05, 4.69) is 74.6 Å². The van der Waals surface area contributed by atoms with Crippen LogP contribution in [0.5, 0.6) is 0 Å². The summed E-state index contributed by atoms with van der Waals surface area (Å²) in [6.45, 7) is 14.2. The van der Waals surface area contributed by atoms with Gasteiger partial charge < -0.3 is 40.0 Å². The maximum Gasteiger partial charge on any atom is 0.431 e. The molecule has 0 bridgehead atoms. The number of nitrogens with zero attached hydrogens (tertiary/aromatic N) is 14. The maximum atomic E-state index is 12.9. The Kier molecular flexibility index (Phi) is 23.7. The summed E-state index contributed by atoms with van der Waals surface area (Å²) in [6, 6.07) is 38.5. The van der Waals surface area contributed by atoms with Crippen LogP contribution in [-0.4, -0.2) is 40.1 Å². The summed E-state index contributed by atoms with van der Waals surface area (Å²) in [5.74, 6) is -1.14. The summed E-state index contributed by atoms with van der Waals surface area (Å²) >= 11 is 0. The molecule has 10 aromatic rings. The van der Waals surface area contributed by atoms with Crippen LogP contribution in [0.4, 0.5) is 93.0 Å². The fraction of sp³-hybridized carbons (Fsp3) is 0.182. The number of hydrogen-bond acceptors (Lipinski definition) is 12. The zero-order valence-corrected chi connectivity index (χ0v) is 55.9. The Bertz CT molecular complexity index is 3930. The predicted octanol–water partition coefficient (Wildman–Crippen LogP) is 16.7. The van der Waals surface area contributed by atoms with Crippen molar-refractivity contribution in [2.24, 2.45) is 0 Å². The second-order valence-electron chi connectivity index (χ2n) is 22.5. The minimum Gasteiger partial charge on any atom is -0.572 e. The first-order chi connectivity index (χ1) is 44.9. The van der Waals surface area contributed by atoms with E-state index in [4.69, 9.17) is 0 Å². The third kappa shape index (κ3) is 19.9. The second-order valence-corrected chi connectivity index (χ2v) is 22.5. The van der Waals surface area contributed by atoms with Gasteiger partial charge >= 0.3 is 24.7 Å². The van der Waals surface area contributed by atoms with Gasteiger partial charge in [0.25, 0.3) is 0 Å². The van der Waals surface area contributed by atoms with Crippen LogP contribution < -0.4 is 29.8 Å². The van der Waals surface area contributed by atoms with Crippen molar-refractivity contribution in [3.8, 4) is 45.8 Å². The fourth-order valence-corrected chi connectivity index (χ4v) is 8.10. The molecule has 2 aliphatic rings. The topological polar surface area (TPSA) is 144 Å². The summed E-state index contributed by atoms with van der Waals surface area (Å²) in [5.41, 5.74) is -2.46. The number of rotatable bonds is 8. The van der Waals surface area contributed by atoms with Crippen LogP contribution in [-0.2, 0) is 75.7 Å². The third-order valence-corrected chi connectivity index (χ3v) is 13.1. The van der Waals surface area contributed by atoms with Crippen LogP contribution in [0.2, 0.25) is 0 Å². The van der Waals surface area contributed by atoms with Gasteiger partial charge in [0.05, 0.1) is 11.6 Å². The van der Waals surface area contributed by atoms with E-state index in [0.29, 0.717) is 12.1 Å². The third-order valence-electron chi connectivity index (χ3n) is 13.1. The number of halogens is 16. The number of alkyl halides is 12. The van der Waals surface area contributed by atoms with Gasteiger partial charge in [0.1, 0.15) is 46.3 Å². The van der Waals surface area contributed by atoms with Crippen LogP contribution in [0.1, 0.15) is 75.7 Å². The van der Waals surface area contributed by atoms with Gasteiger partial charge in [-0.25, -0.2) is 18.7 Å². The smallest absolute Gasteiger partial charge is 0.431 e. The molecule has 4 aromatic heterocycles. The Labute approximate surface area is 576 Å². The molecule has 518 valence electrons. The maximum absolute atomic E-state index is 12.9. The van der Waals surface area contributed by atoms with E-state index in [1.165, 1.54) is 48.5 Å². The Hall–Kier alpha value is -9.38. The molecule has 32 heteroatoms. The minimum absolute atomic E-state index is 0. The Balaban J connectivity index is 0.000000186. The van der Waals surface area contributed by atoms with E-state index in [9.17, 15) is 70.2 Å². The molecule has 0 unspecified atom stereocenters. The fourth-order valence-electron chi connectivity index (χ4n) is 8.10. The first-order valence-corrected chi connectivity index (χ1v) is 27.9. The summed E-state index contributed by atoms with van der Waals surface area (Å²) in [6.07, 6.45) is -11.1. The number of hydrogen-bond donors (Lipinski definition) is 0. The molecule has 98 heavy (non-hydrogen) atoms. The molecule has 0 atom stereocenters. The monoisotopic (exact) mass is 1720 g/mol. The van der Waals surface area contributed by atoms with E-state index in [1.807, 2.05) is 57.7 Å². The van der Waals surface area contributed by atoms with Gasteiger partial charge in [-0.15, -0.1) is 121 Å². The average molecular weight is 1720 g/mol. The van der Waals surface area contributed by atoms with E-state index in [-0.39, 0.29) is 121 Å². The molecule has 12 rings (SSSR count). The summed E-state index contributed by atoms with van der Waals surface area (Å²) in [4.78, 5) is 32.3. The van der Waals surface area contributed by atoms with Gasteiger partial charge in [-0.2, -0.15) is 64.8 Å². The Morgan fingerprint density at radius 3 is 0.959 bits per heavy atom. The Morgan fingerprint density at radius 2 is 0.684 bits per heavy atom. The van der Waals surface area contributed by atoms with Gasteiger partial charge in [0.15, 0.2) is 0 Å². The van der Waals surface area contributed by atoms with Crippen LogP contribution in [0, 0.1) is 60.9 Å². The van der Waals surface area contributed by atoms with Crippen molar-refractivity contribution in [3.05, 3.63) is 253 Å². The minimum atomic E-state index is -4.69. The molecule has 14 nitrogen and oxygen atoms in total. The molecule has 6 aromatic carbocycles. The molecule has 0 spiro atoms. The largest absolute Gasteiger partial charge is 0.572 e. The summed E-state index contributed by atoms with van der Waals surface area (Å²) < 4.78 is 205. The van der Waals surface area contributed by atoms with Crippen molar-refractivity contribution in [2.75, 3.05) is 19.6 Å².